The Bertz CT molecular complexity index is 899. The number of nitrogens with one attached hydrogen (secondary N) is 1. The highest BCUT2D eigenvalue weighted by molar-refractivity contribution is 5.98. The van der Waals surface area contributed by atoms with Crippen LogP contribution in [0, 0.1) is 11.8 Å². The molecule has 0 bridgehead atoms. The normalized spacial score (nSPS) is 21.9. The molecule has 0 radical (unpaired) electrons. The van der Waals surface area contributed by atoms with Gasteiger partial charge in [0.2, 0.25) is 18.6 Å². The van der Waals surface area contributed by atoms with Crippen molar-refractivity contribution < 1.29 is 23.9 Å². The summed E-state index contributed by atoms with van der Waals surface area (Å²) in [6.07, 6.45) is 7.75. The lowest BCUT2D eigenvalue weighted by Crippen LogP contribution is -2.54. The second-order valence-electron chi connectivity index (χ2n) is 9.70. The Hall–Kier alpha value is -2.77. The van der Waals surface area contributed by atoms with Gasteiger partial charge >= 0.3 is 0 Å². The van der Waals surface area contributed by atoms with Gasteiger partial charge in [0.15, 0.2) is 11.5 Å². The van der Waals surface area contributed by atoms with Crippen LogP contribution < -0.4 is 14.8 Å². The average molecular weight is 456 g/mol. The number of hydrogen-bond acceptors (Lipinski definition) is 5. The topological polar surface area (TPSA) is 88.2 Å². The number of ether oxygens (including phenoxy) is 2. The average Bonchev–Trinajstić information content (AvgIpc) is 3.63. The van der Waals surface area contributed by atoms with Crippen LogP contribution >= 0.6 is 0 Å². The minimum absolute atomic E-state index is 0.00200. The number of piperidine rings is 1. The number of nitrogens with zero attached hydrogens (tertiary/aromatic N) is 2. The molecule has 3 amide bonds. The number of amides is 3. The second-order valence-corrected chi connectivity index (χ2v) is 9.70. The van der Waals surface area contributed by atoms with Gasteiger partial charge in [-0.05, 0) is 62.6 Å². The molecule has 4 aliphatic rings. The zero-order valence-corrected chi connectivity index (χ0v) is 19.1. The van der Waals surface area contributed by atoms with Crippen LogP contribution in [-0.2, 0) is 9.59 Å². The van der Waals surface area contributed by atoms with Crippen LogP contribution in [0.2, 0.25) is 0 Å². The third-order valence-electron chi connectivity index (χ3n) is 7.63. The molecule has 1 N–H and O–H groups in total. The molecular formula is C25H33N3O5. The van der Waals surface area contributed by atoms with E-state index in [0.717, 1.165) is 64.5 Å². The lowest BCUT2D eigenvalue weighted by molar-refractivity contribution is -0.138. The highest BCUT2D eigenvalue weighted by atomic mass is 16.7. The fraction of sp³-hybridized carbons (Fsp3) is 0.640. The molecule has 3 fully saturated rings. The maximum Gasteiger partial charge on any atom is 0.252 e. The standard InChI is InChI=1S/C25H33N3O5/c29-23(19-7-8-20-21(15-19)33-16-32-20)26-22(25(31)27-11-3-4-12-27)17-9-13-28(14-10-17)24(30)18-5-1-2-6-18/h7-8,15,17-18,22H,1-6,9-14,16H2,(H,26,29)/t22-/m0/s1. The first-order chi connectivity index (χ1) is 16.1. The fourth-order valence-electron chi connectivity index (χ4n) is 5.66. The number of rotatable bonds is 5. The zero-order chi connectivity index (χ0) is 22.8. The third-order valence-corrected chi connectivity index (χ3v) is 7.63. The van der Waals surface area contributed by atoms with Crippen LogP contribution in [-0.4, -0.2) is 66.5 Å². The van der Waals surface area contributed by atoms with Gasteiger partial charge < -0.3 is 24.6 Å². The Labute approximate surface area is 194 Å². The van der Waals surface area contributed by atoms with Crippen molar-refractivity contribution in [3.8, 4) is 11.5 Å². The molecule has 5 rings (SSSR count). The van der Waals surface area contributed by atoms with Gasteiger partial charge in [-0.3, -0.25) is 14.4 Å². The van der Waals surface area contributed by atoms with Gasteiger partial charge in [0.1, 0.15) is 6.04 Å². The van der Waals surface area contributed by atoms with Crippen LogP contribution in [0.25, 0.3) is 0 Å². The van der Waals surface area contributed by atoms with Crippen LogP contribution in [0.1, 0.15) is 61.7 Å². The lowest BCUT2D eigenvalue weighted by atomic mass is 9.87. The van der Waals surface area contributed by atoms with E-state index in [9.17, 15) is 14.4 Å². The molecule has 1 aliphatic carbocycles. The zero-order valence-electron chi connectivity index (χ0n) is 19.1. The Morgan fingerprint density at radius 1 is 0.848 bits per heavy atom. The van der Waals surface area contributed by atoms with Gasteiger partial charge in [-0.15, -0.1) is 0 Å². The largest absolute Gasteiger partial charge is 0.454 e. The lowest BCUT2D eigenvalue weighted by Gasteiger charge is -2.38. The number of carbonyl (C=O) groups excluding carboxylic acids is 3. The molecule has 0 spiro atoms. The summed E-state index contributed by atoms with van der Waals surface area (Å²) in [6.45, 7) is 2.95. The molecule has 8 heteroatoms. The minimum atomic E-state index is -0.579. The van der Waals surface area contributed by atoms with Crippen LogP contribution in [0.5, 0.6) is 11.5 Å². The molecule has 1 saturated carbocycles. The predicted molar refractivity (Wildman–Crippen MR) is 121 cm³/mol. The van der Waals surface area contributed by atoms with E-state index in [1.165, 1.54) is 0 Å². The van der Waals surface area contributed by atoms with E-state index in [1.807, 2.05) is 9.80 Å². The van der Waals surface area contributed by atoms with Crippen molar-refractivity contribution in [2.24, 2.45) is 11.8 Å². The summed E-state index contributed by atoms with van der Waals surface area (Å²) in [5, 5.41) is 3.04. The Morgan fingerprint density at radius 2 is 1.55 bits per heavy atom. The highest BCUT2D eigenvalue weighted by Crippen LogP contribution is 2.33. The monoisotopic (exact) mass is 455 g/mol. The van der Waals surface area contributed by atoms with Gasteiger partial charge in [-0.1, -0.05) is 12.8 Å². The Balaban J connectivity index is 1.27. The maximum atomic E-state index is 13.4. The van der Waals surface area contributed by atoms with E-state index in [-0.39, 0.29) is 36.4 Å². The smallest absolute Gasteiger partial charge is 0.252 e. The third kappa shape index (κ3) is 4.66. The molecule has 3 aliphatic heterocycles. The number of fused-ring (bicyclic) bond motifs is 1. The first kappa shape index (κ1) is 22.0. The first-order valence-electron chi connectivity index (χ1n) is 12.4. The van der Waals surface area contributed by atoms with Crippen molar-refractivity contribution in [2.75, 3.05) is 33.0 Å². The first-order valence-corrected chi connectivity index (χ1v) is 12.4. The van der Waals surface area contributed by atoms with Crippen molar-refractivity contribution in [1.82, 2.24) is 15.1 Å². The summed E-state index contributed by atoms with van der Waals surface area (Å²) < 4.78 is 10.7. The van der Waals surface area contributed by atoms with Gasteiger partial charge in [-0.2, -0.15) is 0 Å². The van der Waals surface area contributed by atoms with E-state index >= 15 is 0 Å². The molecule has 0 unspecified atom stereocenters. The SMILES string of the molecule is O=C(N[C@H](C(=O)N1CCCC1)C1CCN(C(=O)C2CCCC2)CC1)c1ccc2c(c1)OCO2. The number of benzene rings is 1. The number of likely N-dealkylation sites (tertiary alicyclic amines) is 2. The van der Waals surface area contributed by atoms with Crippen molar-refractivity contribution in [3.63, 3.8) is 0 Å². The van der Waals surface area contributed by atoms with Crippen LogP contribution in [0.15, 0.2) is 18.2 Å². The summed E-state index contributed by atoms with van der Waals surface area (Å²) in [5.41, 5.74) is 0.451. The molecule has 178 valence electrons. The van der Waals surface area contributed by atoms with Crippen molar-refractivity contribution in [1.29, 1.82) is 0 Å². The summed E-state index contributed by atoms with van der Waals surface area (Å²) in [4.78, 5) is 43.2. The van der Waals surface area contributed by atoms with Crippen LogP contribution in [0.4, 0.5) is 0 Å². The van der Waals surface area contributed by atoms with Crippen molar-refractivity contribution >= 4 is 17.7 Å². The maximum absolute atomic E-state index is 13.4. The van der Waals surface area contributed by atoms with E-state index in [4.69, 9.17) is 9.47 Å². The molecule has 8 nitrogen and oxygen atoms in total. The number of hydrogen-bond donors (Lipinski definition) is 1. The van der Waals surface area contributed by atoms with Gasteiger partial charge in [0.25, 0.3) is 5.91 Å². The van der Waals surface area contributed by atoms with E-state index in [2.05, 4.69) is 5.32 Å². The summed E-state index contributed by atoms with van der Waals surface area (Å²) in [6, 6.07) is 4.51. The van der Waals surface area contributed by atoms with Gasteiger partial charge in [0, 0.05) is 37.7 Å². The molecule has 33 heavy (non-hydrogen) atoms. The molecule has 1 aromatic carbocycles. The summed E-state index contributed by atoms with van der Waals surface area (Å²) in [5.74, 6) is 1.35. The summed E-state index contributed by atoms with van der Waals surface area (Å²) >= 11 is 0. The van der Waals surface area contributed by atoms with Crippen LogP contribution in [0.3, 0.4) is 0 Å². The summed E-state index contributed by atoms with van der Waals surface area (Å²) in [7, 11) is 0. The van der Waals surface area contributed by atoms with Gasteiger partial charge in [0.05, 0.1) is 0 Å². The Morgan fingerprint density at radius 3 is 2.27 bits per heavy atom. The van der Waals surface area contributed by atoms with E-state index in [1.54, 1.807) is 18.2 Å². The molecule has 3 heterocycles. The molecule has 0 aromatic heterocycles. The van der Waals surface area contributed by atoms with Gasteiger partial charge in [-0.25, -0.2) is 0 Å². The quantitative estimate of drug-likeness (QED) is 0.737. The molecule has 2 saturated heterocycles. The second kappa shape index (κ2) is 9.61. The van der Waals surface area contributed by atoms with E-state index < -0.39 is 6.04 Å². The predicted octanol–water partition coefficient (Wildman–Crippen LogP) is 2.56. The minimum Gasteiger partial charge on any atom is -0.454 e. The van der Waals surface area contributed by atoms with Crippen molar-refractivity contribution in [3.05, 3.63) is 23.8 Å². The molecule has 1 atom stereocenters. The highest BCUT2D eigenvalue weighted by Gasteiger charge is 2.38. The molecule has 1 aromatic rings. The van der Waals surface area contributed by atoms with Crippen molar-refractivity contribution in [2.45, 2.75) is 57.4 Å². The van der Waals surface area contributed by atoms with E-state index in [0.29, 0.717) is 30.2 Å². The molecular weight excluding hydrogens is 422 g/mol. The Kier molecular flexibility index (Phi) is 6.42. The fourth-order valence-corrected chi connectivity index (χ4v) is 5.66. The number of carbonyl (C=O) groups is 3.